The Kier molecular flexibility index (Phi) is 10.9. The summed E-state index contributed by atoms with van der Waals surface area (Å²) < 4.78 is 10.9. The normalized spacial score (nSPS) is 16.5. The van der Waals surface area contributed by atoms with Gasteiger partial charge < -0.3 is 24.8 Å². The SMILES string of the molecule is CCNC(=NCC(CCO)CC(C)C)N1CCN(Cc2cc(OC)ccc2OC)CC1. The highest BCUT2D eigenvalue weighted by Crippen LogP contribution is 2.25. The fourth-order valence-corrected chi connectivity index (χ4v) is 4.14. The average Bonchev–Trinajstić information content (AvgIpc) is 2.77. The molecule has 0 amide bonds. The van der Waals surface area contributed by atoms with Crippen LogP contribution in [0.1, 0.15) is 39.2 Å². The van der Waals surface area contributed by atoms with Crippen molar-refractivity contribution in [1.82, 2.24) is 15.1 Å². The van der Waals surface area contributed by atoms with E-state index in [1.807, 2.05) is 12.1 Å². The number of aliphatic hydroxyl groups excluding tert-OH is 1. The van der Waals surface area contributed by atoms with E-state index in [2.05, 4.69) is 42.0 Å². The van der Waals surface area contributed by atoms with Gasteiger partial charge >= 0.3 is 0 Å². The molecule has 0 spiro atoms. The minimum atomic E-state index is 0.232. The van der Waals surface area contributed by atoms with Crippen molar-refractivity contribution in [3.05, 3.63) is 23.8 Å². The lowest BCUT2D eigenvalue weighted by atomic mass is 9.94. The van der Waals surface area contributed by atoms with Gasteiger partial charge in [0, 0.05) is 58.0 Å². The third kappa shape index (κ3) is 8.22. The van der Waals surface area contributed by atoms with Gasteiger partial charge in [-0.25, -0.2) is 0 Å². The van der Waals surface area contributed by atoms with Gasteiger partial charge in [0.15, 0.2) is 5.96 Å². The molecule has 31 heavy (non-hydrogen) atoms. The van der Waals surface area contributed by atoms with Crippen LogP contribution in [0.4, 0.5) is 0 Å². The number of nitrogens with zero attached hydrogens (tertiary/aromatic N) is 3. The predicted octanol–water partition coefficient (Wildman–Crippen LogP) is 2.83. The fraction of sp³-hybridized carbons (Fsp3) is 0.708. The highest BCUT2D eigenvalue weighted by atomic mass is 16.5. The Balaban J connectivity index is 1.97. The van der Waals surface area contributed by atoms with Gasteiger partial charge in [0.25, 0.3) is 0 Å². The minimum absolute atomic E-state index is 0.232. The number of aliphatic hydroxyl groups is 1. The number of hydrogen-bond acceptors (Lipinski definition) is 5. The highest BCUT2D eigenvalue weighted by Gasteiger charge is 2.21. The molecule has 176 valence electrons. The first kappa shape index (κ1) is 25.3. The molecule has 7 nitrogen and oxygen atoms in total. The summed E-state index contributed by atoms with van der Waals surface area (Å²) in [6.45, 7) is 13.1. The molecule has 1 heterocycles. The second-order valence-corrected chi connectivity index (χ2v) is 8.64. The zero-order valence-electron chi connectivity index (χ0n) is 20.1. The molecule has 1 aromatic carbocycles. The molecule has 1 unspecified atom stereocenters. The first-order valence-electron chi connectivity index (χ1n) is 11.6. The Morgan fingerprint density at radius 3 is 2.48 bits per heavy atom. The van der Waals surface area contributed by atoms with Crippen LogP contribution >= 0.6 is 0 Å². The molecule has 7 heteroatoms. The first-order valence-corrected chi connectivity index (χ1v) is 11.6. The Bertz CT molecular complexity index is 673. The van der Waals surface area contributed by atoms with Crippen LogP contribution in [0.2, 0.25) is 0 Å². The summed E-state index contributed by atoms with van der Waals surface area (Å²) in [5.41, 5.74) is 1.15. The Morgan fingerprint density at radius 1 is 1.16 bits per heavy atom. The van der Waals surface area contributed by atoms with Crippen molar-refractivity contribution in [2.24, 2.45) is 16.8 Å². The van der Waals surface area contributed by atoms with Crippen LogP contribution < -0.4 is 14.8 Å². The lowest BCUT2D eigenvalue weighted by molar-refractivity contribution is 0.170. The van der Waals surface area contributed by atoms with E-state index >= 15 is 0 Å². The van der Waals surface area contributed by atoms with Crippen LogP contribution in [-0.2, 0) is 6.54 Å². The monoisotopic (exact) mass is 434 g/mol. The smallest absolute Gasteiger partial charge is 0.194 e. The molecular formula is C24H42N4O3. The number of hydrogen-bond donors (Lipinski definition) is 2. The third-order valence-electron chi connectivity index (χ3n) is 5.73. The first-order chi connectivity index (χ1) is 15.0. The topological polar surface area (TPSA) is 69.6 Å². The molecule has 2 N–H and O–H groups in total. The second-order valence-electron chi connectivity index (χ2n) is 8.64. The van der Waals surface area contributed by atoms with Crippen molar-refractivity contribution in [3.63, 3.8) is 0 Å². The third-order valence-corrected chi connectivity index (χ3v) is 5.73. The molecule has 1 atom stereocenters. The van der Waals surface area contributed by atoms with Crippen molar-refractivity contribution < 1.29 is 14.6 Å². The van der Waals surface area contributed by atoms with Gasteiger partial charge in [0.05, 0.1) is 14.2 Å². The standard InChI is InChI=1S/C24H42N4O3/c1-6-25-24(26-17-20(9-14-29)15-19(2)3)28-12-10-27(11-13-28)18-21-16-22(30-4)7-8-23(21)31-5/h7-8,16,19-20,29H,6,9-15,17-18H2,1-5H3,(H,25,26). The second kappa shape index (κ2) is 13.4. The summed E-state index contributed by atoms with van der Waals surface area (Å²) >= 11 is 0. The average molecular weight is 435 g/mol. The molecule has 1 aliphatic heterocycles. The quantitative estimate of drug-likeness (QED) is 0.412. The lowest BCUT2D eigenvalue weighted by Crippen LogP contribution is -2.52. The van der Waals surface area contributed by atoms with E-state index in [1.165, 1.54) is 0 Å². The summed E-state index contributed by atoms with van der Waals surface area (Å²) in [7, 11) is 3.41. The van der Waals surface area contributed by atoms with E-state index in [9.17, 15) is 5.11 Å². The van der Waals surface area contributed by atoms with E-state index in [0.29, 0.717) is 11.8 Å². The fourth-order valence-electron chi connectivity index (χ4n) is 4.14. The maximum atomic E-state index is 9.39. The number of aliphatic imine (C=N–C) groups is 1. The Hall–Kier alpha value is -1.99. The number of benzene rings is 1. The van der Waals surface area contributed by atoms with Crippen molar-refractivity contribution in [2.45, 2.75) is 40.2 Å². The van der Waals surface area contributed by atoms with Crippen molar-refractivity contribution >= 4 is 5.96 Å². The Morgan fingerprint density at radius 2 is 1.90 bits per heavy atom. The summed E-state index contributed by atoms with van der Waals surface area (Å²) in [4.78, 5) is 9.74. The Labute approximate surface area is 188 Å². The van der Waals surface area contributed by atoms with E-state index in [-0.39, 0.29) is 6.61 Å². The van der Waals surface area contributed by atoms with E-state index in [0.717, 1.165) is 81.7 Å². The molecule has 1 fully saturated rings. The molecule has 0 radical (unpaired) electrons. The predicted molar refractivity (Wildman–Crippen MR) is 127 cm³/mol. The number of nitrogens with one attached hydrogen (secondary N) is 1. The summed E-state index contributed by atoms with van der Waals surface area (Å²) in [6, 6.07) is 5.97. The molecule has 1 aromatic rings. The van der Waals surface area contributed by atoms with E-state index in [4.69, 9.17) is 14.5 Å². The van der Waals surface area contributed by atoms with E-state index < -0.39 is 0 Å². The molecule has 2 rings (SSSR count). The molecular weight excluding hydrogens is 392 g/mol. The maximum absolute atomic E-state index is 9.39. The molecule has 1 aliphatic rings. The zero-order valence-corrected chi connectivity index (χ0v) is 20.1. The van der Waals surface area contributed by atoms with Crippen molar-refractivity contribution in [3.8, 4) is 11.5 Å². The van der Waals surface area contributed by atoms with Gasteiger partial charge in [-0.15, -0.1) is 0 Å². The molecule has 0 bridgehead atoms. The van der Waals surface area contributed by atoms with Crippen LogP contribution in [0, 0.1) is 11.8 Å². The maximum Gasteiger partial charge on any atom is 0.194 e. The van der Waals surface area contributed by atoms with Crippen LogP contribution in [0.15, 0.2) is 23.2 Å². The van der Waals surface area contributed by atoms with Crippen molar-refractivity contribution in [2.75, 3.05) is 60.1 Å². The van der Waals surface area contributed by atoms with Crippen LogP contribution in [0.3, 0.4) is 0 Å². The largest absolute Gasteiger partial charge is 0.497 e. The van der Waals surface area contributed by atoms with Gasteiger partial charge in [-0.05, 0) is 49.8 Å². The van der Waals surface area contributed by atoms with Gasteiger partial charge in [0.2, 0.25) is 0 Å². The summed E-state index contributed by atoms with van der Waals surface area (Å²) in [5, 5.41) is 12.9. The van der Waals surface area contributed by atoms with Gasteiger partial charge in [-0.1, -0.05) is 13.8 Å². The van der Waals surface area contributed by atoms with Gasteiger partial charge in [-0.3, -0.25) is 9.89 Å². The van der Waals surface area contributed by atoms with Crippen molar-refractivity contribution in [1.29, 1.82) is 0 Å². The van der Waals surface area contributed by atoms with Gasteiger partial charge in [0.1, 0.15) is 11.5 Å². The number of piperazine rings is 1. The van der Waals surface area contributed by atoms with Crippen LogP contribution in [-0.4, -0.2) is 81.0 Å². The number of rotatable bonds is 11. The van der Waals surface area contributed by atoms with E-state index in [1.54, 1.807) is 14.2 Å². The number of methoxy groups -OCH3 is 2. The zero-order chi connectivity index (χ0) is 22.6. The molecule has 0 aromatic heterocycles. The van der Waals surface area contributed by atoms with Gasteiger partial charge in [-0.2, -0.15) is 0 Å². The minimum Gasteiger partial charge on any atom is -0.497 e. The summed E-state index contributed by atoms with van der Waals surface area (Å²) in [5.74, 6) is 3.80. The molecule has 0 saturated carbocycles. The lowest BCUT2D eigenvalue weighted by Gasteiger charge is -2.37. The molecule has 1 saturated heterocycles. The van der Waals surface area contributed by atoms with Crippen LogP contribution in [0.5, 0.6) is 11.5 Å². The number of ether oxygens (including phenoxy) is 2. The highest BCUT2D eigenvalue weighted by molar-refractivity contribution is 5.80. The molecule has 0 aliphatic carbocycles. The number of guanidine groups is 1. The van der Waals surface area contributed by atoms with Crippen LogP contribution in [0.25, 0.3) is 0 Å². The summed E-state index contributed by atoms with van der Waals surface area (Å²) in [6.07, 6.45) is 1.91.